The van der Waals surface area contributed by atoms with Crippen LogP contribution in [0.4, 0.5) is 11.4 Å². The summed E-state index contributed by atoms with van der Waals surface area (Å²) in [7, 11) is 0. The summed E-state index contributed by atoms with van der Waals surface area (Å²) < 4.78 is 1.49. The van der Waals surface area contributed by atoms with Crippen molar-refractivity contribution in [1.82, 2.24) is 9.55 Å². The van der Waals surface area contributed by atoms with E-state index in [9.17, 15) is 19.7 Å². The molecule has 1 aromatic carbocycles. The van der Waals surface area contributed by atoms with E-state index >= 15 is 0 Å². The average Bonchev–Trinajstić information content (AvgIpc) is 2.60. The lowest BCUT2D eigenvalue weighted by atomic mass is 9.92. The minimum Gasteiger partial charge on any atom is -0.320 e. The van der Waals surface area contributed by atoms with E-state index in [0.717, 1.165) is 0 Å². The van der Waals surface area contributed by atoms with Gasteiger partial charge in [-0.15, -0.1) is 0 Å². The first kappa shape index (κ1) is 19.1. The number of carbonyl (C=O) groups excluding carboxylic acids is 1. The number of thioether (sulfide) groups is 1. The van der Waals surface area contributed by atoms with Crippen molar-refractivity contribution in [3.8, 4) is 0 Å². The molecule has 0 saturated heterocycles. The minimum absolute atomic E-state index is 0.150. The number of nitrogens with one attached hydrogen (secondary N) is 1. The molecule has 1 unspecified atom stereocenters. The molecule has 0 spiro atoms. The third-order valence-electron chi connectivity index (χ3n) is 4.29. The van der Waals surface area contributed by atoms with Crippen LogP contribution >= 0.6 is 11.8 Å². The number of hydrogen-bond donors (Lipinski definition) is 1. The van der Waals surface area contributed by atoms with Gasteiger partial charge < -0.3 is 5.32 Å². The Morgan fingerprint density at radius 1 is 1.37 bits per heavy atom. The molecular weight excluding hydrogens is 368 g/mol. The molecule has 1 amide bonds. The summed E-state index contributed by atoms with van der Waals surface area (Å²) in [6.45, 7) is 6.16. The molecule has 27 heavy (non-hydrogen) atoms. The normalized spacial score (nSPS) is 16.5. The number of carbonyl (C=O) groups is 1. The predicted octanol–water partition coefficient (Wildman–Crippen LogP) is 2.81. The number of nitro groups is 1. The molecule has 3 rings (SSSR count). The number of nitrogens with zero attached hydrogens (tertiary/aromatic N) is 3. The van der Waals surface area contributed by atoms with Crippen LogP contribution in [0.15, 0.2) is 40.3 Å². The molecule has 0 aliphatic carbocycles. The fourth-order valence-corrected chi connectivity index (χ4v) is 3.82. The first-order valence-corrected chi connectivity index (χ1v) is 9.45. The second-order valence-corrected chi connectivity index (χ2v) is 8.38. The van der Waals surface area contributed by atoms with Crippen molar-refractivity contribution in [2.45, 2.75) is 37.9 Å². The molecule has 1 aromatic heterocycles. The van der Waals surface area contributed by atoms with Crippen LogP contribution in [0.5, 0.6) is 0 Å². The number of aromatic nitrogens is 2. The maximum Gasteiger partial charge on any atom is 0.292 e. The van der Waals surface area contributed by atoms with Gasteiger partial charge in [0.25, 0.3) is 11.2 Å². The number of hydrogen-bond acceptors (Lipinski definition) is 6. The molecule has 1 atom stereocenters. The molecule has 1 aliphatic heterocycles. The van der Waals surface area contributed by atoms with Crippen molar-refractivity contribution < 1.29 is 9.72 Å². The standard InChI is InChI=1S/C18H20N4O4S/c1-18(2,3)14-8-15(23)21-9-11(10-27-17(21)20-14)16(24)19-12-6-4-5-7-13(12)22(25)26/h4-8,11H,9-10H2,1-3H3,(H,19,24). The highest BCUT2D eigenvalue weighted by Gasteiger charge is 2.29. The van der Waals surface area contributed by atoms with Crippen molar-refractivity contribution in [3.05, 3.63) is 56.5 Å². The largest absolute Gasteiger partial charge is 0.320 e. The smallest absolute Gasteiger partial charge is 0.292 e. The van der Waals surface area contributed by atoms with Gasteiger partial charge >= 0.3 is 0 Å². The fourth-order valence-electron chi connectivity index (χ4n) is 2.73. The summed E-state index contributed by atoms with van der Waals surface area (Å²) in [6.07, 6.45) is 0. The molecule has 0 fully saturated rings. The van der Waals surface area contributed by atoms with Gasteiger partial charge in [-0.2, -0.15) is 0 Å². The van der Waals surface area contributed by atoms with Gasteiger partial charge in [-0.25, -0.2) is 4.98 Å². The van der Waals surface area contributed by atoms with Crippen molar-refractivity contribution in [1.29, 1.82) is 0 Å². The lowest BCUT2D eigenvalue weighted by Gasteiger charge is -2.26. The van der Waals surface area contributed by atoms with Crippen LogP contribution in [-0.4, -0.2) is 26.1 Å². The van der Waals surface area contributed by atoms with E-state index < -0.39 is 10.8 Å². The SMILES string of the molecule is CC(C)(C)c1cc(=O)n2c(n1)SCC(C(=O)Nc1ccccc1[N+](=O)[O-])C2. The van der Waals surface area contributed by atoms with Crippen LogP contribution in [-0.2, 0) is 16.8 Å². The Kier molecular flexibility index (Phi) is 5.05. The van der Waals surface area contributed by atoms with Crippen LogP contribution in [0.2, 0.25) is 0 Å². The summed E-state index contributed by atoms with van der Waals surface area (Å²) in [5.74, 6) is -0.386. The highest BCUT2D eigenvalue weighted by Crippen LogP contribution is 2.29. The number of rotatable bonds is 3. The predicted molar refractivity (Wildman–Crippen MR) is 103 cm³/mol. The van der Waals surface area contributed by atoms with Crippen molar-refractivity contribution in [3.63, 3.8) is 0 Å². The van der Waals surface area contributed by atoms with Crippen molar-refractivity contribution >= 4 is 29.0 Å². The van der Waals surface area contributed by atoms with Gasteiger partial charge in [-0.05, 0) is 6.07 Å². The van der Waals surface area contributed by atoms with Gasteiger partial charge in [0.15, 0.2) is 5.16 Å². The highest BCUT2D eigenvalue weighted by molar-refractivity contribution is 7.99. The van der Waals surface area contributed by atoms with Gasteiger partial charge in [-0.1, -0.05) is 44.7 Å². The minimum atomic E-state index is -0.539. The van der Waals surface area contributed by atoms with Gasteiger partial charge in [0.2, 0.25) is 5.91 Å². The summed E-state index contributed by atoms with van der Waals surface area (Å²) in [6, 6.07) is 7.49. The summed E-state index contributed by atoms with van der Waals surface area (Å²) >= 11 is 1.35. The van der Waals surface area contributed by atoms with E-state index in [0.29, 0.717) is 16.6 Å². The van der Waals surface area contributed by atoms with Crippen LogP contribution in [0.25, 0.3) is 0 Å². The van der Waals surface area contributed by atoms with E-state index in [1.807, 2.05) is 20.8 Å². The maximum absolute atomic E-state index is 12.6. The highest BCUT2D eigenvalue weighted by atomic mass is 32.2. The van der Waals surface area contributed by atoms with Crippen LogP contribution in [0.1, 0.15) is 26.5 Å². The maximum atomic E-state index is 12.6. The Balaban J connectivity index is 1.81. The molecule has 0 radical (unpaired) electrons. The zero-order valence-corrected chi connectivity index (χ0v) is 16.1. The first-order valence-electron chi connectivity index (χ1n) is 8.46. The second kappa shape index (κ2) is 7.15. The van der Waals surface area contributed by atoms with E-state index in [2.05, 4.69) is 10.3 Å². The monoisotopic (exact) mass is 388 g/mol. The number of nitro benzene ring substituents is 1. The Hall–Kier alpha value is -2.68. The lowest BCUT2D eigenvalue weighted by molar-refractivity contribution is -0.383. The van der Waals surface area contributed by atoms with Gasteiger partial charge in [0, 0.05) is 29.8 Å². The molecule has 8 nitrogen and oxygen atoms in total. The number of anilines is 1. The number of para-hydroxylation sites is 2. The zero-order chi connectivity index (χ0) is 19.8. The Bertz CT molecular complexity index is 965. The third kappa shape index (κ3) is 4.02. The molecule has 142 valence electrons. The van der Waals surface area contributed by atoms with Crippen molar-refractivity contribution in [2.75, 3.05) is 11.1 Å². The summed E-state index contributed by atoms with van der Waals surface area (Å²) in [4.78, 5) is 40.2. The topological polar surface area (TPSA) is 107 Å². The van der Waals surface area contributed by atoms with Gasteiger partial charge in [0.05, 0.1) is 16.5 Å². The van der Waals surface area contributed by atoms with Crippen LogP contribution < -0.4 is 10.9 Å². The molecule has 0 bridgehead atoms. The summed E-state index contributed by atoms with van der Waals surface area (Å²) in [5.41, 5.74) is 0.269. The van der Waals surface area contributed by atoms with E-state index in [-0.39, 0.29) is 34.8 Å². The zero-order valence-electron chi connectivity index (χ0n) is 15.3. The summed E-state index contributed by atoms with van der Waals surface area (Å²) in [5, 5.41) is 14.3. The molecule has 9 heteroatoms. The van der Waals surface area contributed by atoms with Gasteiger partial charge in [0.1, 0.15) is 5.69 Å². The van der Waals surface area contributed by atoms with Gasteiger partial charge in [-0.3, -0.25) is 24.3 Å². The third-order valence-corrected chi connectivity index (χ3v) is 5.43. The van der Waals surface area contributed by atoms with E-state index in [1.54, 1.807) is 12.1 Å². The van der Waals surface area contributed by atoms with Crippen molar-refractivity contribution in [2.24, 2.45) is 5.92 Å². The number of amides is 1. The van der Waals surface area contributed by atoms with E-state index in [1.165, 1.54) is 34.5 Å². The molecule has 2 heterocycles. The molecule has 1 aliphatic rings. The second-order valence-electron chi connectivity index (χ2n) is 7.39. The number of fused-ring (bicyclic) bond motifs is 1. The molecule has 0 saturated carbocycles. The molecule has 2 aromatic rings. The molecular formula is C18H20N4O4S. The number of benzene rings is 1. The Morgan fingerprint density at radius 3 is 2.74 bits per heavy atom. The van der Waals surface area contributed by atoms with E-state index in [4.69, 9.17) is 0 Å². The molecule has 1 N–H and O–H groups in total. The quantitative estimate of drug-likeness (QED) is 0.492. The lowest BCUT2D eigenvalue weighted by Crippen LogP contribution is -2.37. The first-order chi connectivity index (χ1) is 12.7. The Morgan fingerprint density at radius 2 is 2.07 bits per heavy atom. The van der Waals surface area contributed by atoms with Crippen LogP contribution in [0, 0.1) is 16.0 Å². The Labute approximate surface area is 160 Å². The fraction of sp³-hybridized carbons (Fsp3) is 0.389. The van der Waals surface area contributed by atoms with Crippen LogP contribution in [0.3, 0.4) is 0 Å². The average molecular weight is 388 g/mol.